The third-order valence-electron chi connectivity index (χ3n) is 3.01. The normalized spacial score (nSPS) is 11.5. The molecule has 1 heterocycles. The number of aromatic amines is 1. The van der Waals surface area contributed by atoms with Crippen LogP contribution in [0.15, 0.2) is 59.4 Å². The van der Waals surface area contributed by atoms with E-state index in [4.69, 9.17) is 13.6 Å². The van der Waals surface area contributed by atoms with Crippen LogP contribution in [0.2, 0.25) is 0 Å². The smallest absolute Gasteiger partial charge is 0.262 e. The van der Waals surface area contributed by atoms with Gasteiger partial charge < -0.3 is 4.98 Å². The second-order valence-electron chi connectivity index (χ2n) is 4.28. The lowest BCUT2D eigenvalue weighted by molar-refractivity contribution is 0.734. The van der Waals surface area contributed by atoms with Crippen LogP contribution in [0.5, 0.6) is 0 Å². The first-order valence-electron chi connectivity index (χ1n) is 6.42. The van der Waals surface area contributed by atoms with Gasteiger partial charge in [0, 0.05) is 0 Å². The molecule has 1 aromatic heterocycles. The minimum Gasteiger partial charge on any atom is -0.332 e. The summed E-state index contributed by atoms with van der Waals surface area (Å²) in [6.07, 6.45) is 0. The van der Waals surface area contributed by atoms with Crippen LogP contribution < -0.4 is 5.56 Å². The maximum Gasteiger partial charge on any atom is 0.262 e. The predicted molar refractivity (Wildman–Crippen MR) is 78.9 cm³/mol. The number of nitrogens with zero attached hydrogens (tertiary/aromatic N) is 1. The highest BCUT2D eigenvalue weighted by molar-refractivity contribution is 7.71. The van der Waals surface area contributed by atoms with Gasteiger partial charge in [-0.25, -0.2) is 0 Å². The van der Waals surface area contributed by atoms with Gasteiger partial charge in [-0.2, -0.15) is 0 Å². The van der Waals surface area contributed by atoms with Crippen molar-refractivity contribution in [1.29, 1.82) is 0 Å². The molecule has 3 aromatic rings. The fraction of sp³-hybridized carbons (Fsp3) is 0.0667. The van der Waals surface area contributed by atoms with Crippen molar-refractivity contribution in [1.82, 2.24) is 9.55 Å². The lowest BCUT2D eigenvalue weighted by atomic mass is 10.2. The van der Waals surface area contributed by atoms with Gasteiger partial charge in [0.15, 0.2) is 4.77 Å². The van der Waals surface area contributed by atoms with Gasteiger partial charge >= 0.3 is 0 Å². The first-order valence-corrected chi connectivity index (χ1v) is 6.33. The van der Waals surface area contributed by atoms with Crippen LogP contribution in [-0.4, -0.2) is 9.55 Å². The Morgan fingerprint density at radius 3 is 2.74 bits per heavy atom. The van der Waals surface area contributed by atoms with Crippen molar-refractivity contribution in [3.8, 4) is 0 Å². The predicted octanol–water partition coefficient (Wildman–Crippen LogP) is 3.11. The highest BCUT2D eigenvalue weighted by atomic mass is 32.1. The van der Waals surface area contributed by atoms with E-state index < -0.39 is 0 Å². The minimum absolute atomic E-state index is 0.165. The van der Waals surface area contributed by atoms with E-state index in [9.17, 15) is 4.79 Å². The van der Waals surface area contributed by atoms with Crippen molar-refractivity contribution in [2.45, 2.75) is 6.54 Å². The molecule has 4 heteroatoms. The summed E-state index contributed by atoms with van der Waals surface area (Å²) in [5, 5.41) is 0.488. The van der Waals surface area contributed by atoms with Crippen molar-refractivity contribution < 1.29 is 1.37 Å². The molecule has 3 rings (SSSR count). The summed E-state index contributed by atoms with van der Waals surface area (Å²) in [6.45, 7) is 0.424. The standard InChI is InChI=1S/C15H12N2OS/c18-14-12-8-4-5-9-13(12)16-15(19)17(14)10-11-6-2-1-3-7-11/h1-9H,10H2,(H,16,19)/i4T. The average Bonchev–Trinajstić information content (AvgIpc) is 2.46. The average molecular weight is 270 g/mol. The van der Waals surface area contributed by atoms with Gasteiger partial charge in [0.25, 0.3) is 5.56 Å². The van der Waals surface area contributed by atoms with Crippen molar-refractivity contribution in [3.63, 3.8) is 0 Å². The Balaban J connectivity index is 2.21. The first-order chi connectivity index (χ1) is 9.65. The zero-order valence-corrected chi connectivity index (χ0v) is 10.9. The van der Waals surface area contributed by atoms with E-state index in [2.05, 4.69) is 4.98 Å². The zero-order valence-electron chi connectivity index (χ0n) is 11.1. The van der Waals surface area contributed by atoms with Crippen LogP contribution in [0, 0.1) is 4.77 Å². The van der Waals surface area contributed by atoms with Gasteiger partial charge in [0.1, 0.15) is 0 Å². The Morgan fingerprint density at radius 1 is 1.16 bits per heavy atom. The van der Waals surface area contributed by atoms with Crippen molar-refractivity contribution in [3.05, 3.63) is 75.3 Å². The molecule has 94 valence electrons. The van der Waals surface area contributed by atoms with E-state index in [1.807, 2.05) is 30.3 Å². The molecule has 0 fully saturated rings. The van der Waals surface area contributed by atoms with Gasteiger partial charge in [-0.15, -0.1) is 0 Å². The van der Waals surface area contributed by atoms with Crippen molar-refractivity contribution >= 4 is 23.1 Å². The molecule has 0 saturated heterocycles. The molecule has 0 spiro atoms. The summed E-state index contributed by atoms with van der Waals surface area (Å²) in [5.41, 5.74) is 1.51. The molecule has 0 saturated carbocycles. The minimum atomic E-state index is -0.165. The van der Waals surface area contributed by atoms with E-state index in [1.165, 1.54) is 4.57 Å². The van der Waals surface area contributed by atoms with Gasteiger partial charge in [-0.05, 0) is 29.9 Å². The molecule has 1 N–H and O–H groups in total. The summed E-state index contributed by atoms with van der Waals surface area (Å²) < 4.78 is 9.54. The van der Waals surface area contributed by atoms with Crippen LogP contribution in [0.3, 0.4) is 0 Å². The molecule has 0 radical (unpaired) electrons. The number of hydrogen-bond donors (Lipinski definition) is 1. The van der Waals surface area contributed by atoms with Crippen molar-refractivity contribution in [2.75, 3.05) is 0 Å². The molecule has 3 nitrogen and oxygen atoms in total. The zero-order chi connectivity index (χ0) is 14.1. The summed E-state index contributed by atoms with van der Waals surface area (Å²) in [4.78, 5) is 15.5. The Bertz CT molecular complexity index is 884. The van der Waals surface area contributed by atoms with E-state index in [0.717, 1.165) is 5.56 Å². The molecule has 0 unspecified atom stereocenters. The Kier molecular flexibility index (Phi) is 2.71. The van der Waals surface area contributed by atoms with Crippen LogP contribution in [0.25, 0.3) is 10.9 Å². The number of rotatable bonds is 2. The monoisotopic (exact) mass is 270 g/mol. The number of benzene rings is 2. The molecule has 0 atom stereocenters. The molecule has 0 aliphatic carbocycles. The van der Waals surface area contributed by atoms with Gasteiger partial charge in [-0.1, -0.05) is 42.4 Å². The van der Waals surface area contributed by atoms with Gasteiger partial charge in [0.05, 0.1) is 18.8 Å². The molecular formula is C15H12N2OS. The van der Waals surface area contributed by atoms with Crippen molar-refractivity contribution in [2.24, 2.45) is 0 Å². The highest BCUT2D eigenvalue weighted by Crippen LogP contribution is 2.07. The van der Waals surface area contributed by atoms with Crippen LogP contribution in [-0.2, 0) is 6.54 Å². The summed E-state index contributed by atoms with van der Waals surface area (Å²) in [7, 11) is 0. The van der Waals surface area contributed by atoms with Gasteiger partial charge in [-0.3, -0.25) is 9.36 Å². The van der Waals surface area contributed by atoms with Crippen LogP contribution in [0.4, 0.5) is 0 Å². The Hall–Kier alpha value is -2.20. The number of aromatic nitrogens is 2. The summed E-state index contributed by atoms with van der Waals surface area (Å²) in [6, 6.07) is 14.9. The van der Waals surface area contributed by atoms with E-state index in [1.54, 1.807) is 18.2 Å². The molecule has 0 aliphatic rings. The number of para-hydroxylation sites is 1. The number of H-pyrrole nitrogens is 1. The topological polar surface area (TPSA) is 37.8 Å². The highest BCUT2D eigenvalue weighted by Gasteiger charge is 2.05. The number of fused-ring (bicyclic) bond motifs is 1. The maximum atomic E-state index is 12.5. The molecular weight excluding hydrogens is 256 g/mol. The SMILES string of the molecule is [3H]c1ccc2[nH]c(=S)n(Cc3ccccc3)c(=O)c2c1. The summed E-state index contributed by atoms with van der Waals surface area (Å²) >= 11 is 5.26. The Morgan fingerprint density at radius 2 is 1.95 bits per heavy atom. The largest absolute Gasteiger partial charge is 0.332 e. The third kappa shape index (κ3) is 2.22. The number of hydrogen-bond acceptors (Lipinski definition) is 2. The quantitative estimate of drug-likeness (QED) is 0.727. The Labute approximate surface area is 116 Å². The molecule has 0 bridgehead atoms. The van der Waals surface area contributed by atoms with Crippen LogP contribution in [0.1, 0.15) is 6.93 Å². The van der Waals surface area contributed by atoms with E-state index in [0.29, 0.717) is 28.3 Å². The molecule has 19 heavy (non-hydrogen) atoms. The molecule has 2 aromatic carbocycles. The van der Waals surface area contributed by atoms with Gasteiger partial charge in [0.2, 0.25) is 0 Å². The summed E-state index contributed by atoms with van der Waals surface area (Å²) in [5.74, 6) is 0. The lowest BCUT2D eigenvalue weighted by Crippen LogP contribution is -2.22. The number of nitrogens with one attached hydrogen (secondary N) is 1. The molecule has 0 aliphatic heterocycles. The maximum absolute atomic E-state index is 12.5. The molecule has 0 amide bonds. The van der Waals surface area contributed by atoms with E-state index >= 15 is 0 Å². The second kappa shape index (κ2) is 4.82. The lowest BCUT2D eigenvalue weighted by Gasteiger charge is -2.08. The first kappa shape index (κ1) is 10.7. The van der Waals surface area contributed by atoms with E-state index in [-0.39, 0.29) is 5.56 Å². The fourth-order valence-corrected chi connectivity index (χ4v) is 2.30. The second-order valence-corrected chi connectivity index (χ2v) is 4.67. The fourth-order valence-electron chi connectivity index (χ4n) is 2.05. The van der Waals surface area contributed by atoms with Crippen LogP contribution >= 0.6 is 12.2 Å². The third-order valence-corrected chi connectivity index (χ3v) is 3.33.